The van der Waals surface area contributed by atoms with Gasteiger partial charge in [0.1, 0.15) is 23.7 Å². The molecule has 7 nitrogen and oxygen atoms in total. The van der Waals surface area contributed by atoms with E-state index in [0.717, 1.165) is 5.39 Å². The highest BCUT2D eigenvalue weighted by Gasteiger charge is 2.19. The lowest BCUT2D eigenvalue weighted by Crippen LogP contribution is -2.37. The summed E-state index contributed by atoms with van der Waals surface area (Å²) in [4.78, 5) is 33.4. The highest BCUT2D eigenvalue weighted by Crippen LogP contribution is 2.35. The average molecular weight is 447 g/mol. The summed E-state index contributed by atoms with van der Waals surface area (Å²) in [6, 6.07) is 8.86. The zero-order valence-electron chi connectivity index (χ0n) is 16.7. The maximum absolute atomic E-state index is 12.3. The van der Waals surface area contributed by atoms with Gasteiger partial charge in [-0.15, -0.1) is 0 Å². The van der Waals surface area contributed by atoms with Crippen LogP contribution < -0.4 is 15.0 Å². The van der Waals surface area contributed by atoms with Crippen molar-refractivity contribution < 1.29 is 14.3 Å². The van der Waals surface area contributed by atoms with E-state index in [9.17, 15) is 9.59 Å². The Bertz CT molecular complexity index is 1120. The van der Waals surface area contributed by atoms with Crippen LogP contribution in [0.4, 0.5) is 5.69 Å². The first-order valence-corrected chi connectivity index (χ1v) is 9.86. The molecule has 0 radical (unpaired) electrons. The number of likely N-dealkylation sites (N-methyl/N-ethyl adjacent to an activating group) is 1. The first-order chi connectivity index (χ1) is 14.3. The van der Waals surface area contributed by atoms with Gasteiger partial charge in [0.15, 0.2) is 0 Å². The molecule has 156 valence electrons. The van der Waals surface area contributed by atoms with Gasteiger partial charge in [0.2, 0.25) is 11.8 Å². The normalized spacial score (nSPS) is 10.7. The van der Waals surface area contributed by atoms with Crippen molar-refractivity contribution >= 4 is 51.6 Å². The number of anilines is 1. The van der Waals surface area contributed by atoms with Crippen molar-refractivity contribution in [1.82, 2.24) is 15.3 Å². The van der Waals surface area contributed by atoms with Crippen LogP contribution in [0.5, 0.6) is 5.75 Å². The van der Waals surface area contributed by atoms with E-state index >= 15 is 0 Å². The number of carbonyl (C=O) groups is 2. The van der Waals surface area contributed by atoms with E-state index in [-0.39, 0.29) is 25.0 Å². The van der Waals surface area contributed by atoms with E-state index in [4.69, 9.17) is 27.9 Å². The second-order valence-electron chi connectivity index (χ2n) is 6.62. The van der Waals surface area contributed by atoms with E-state index in [1.54, 1.807) is 32.3 Å². The number of amides is 2. The topological polar surface area (TPSA) is 84.4 Å². The molecule has 0 unspecified atom stereocenters. The second-order valence-corrected chi connectivity index (χ2v) is 7.41. The molecule has 0 atom stereocenters. The van der Waals surface area contributed by atoms with Crippen molar-refractivity contribution in [1.29, 1.82) is 0 Å². The summed E-state index contributed by atoms with van der Waals surface area (Å²) >= 11 is 12.9. The Morgan fingerprint density at radius 1 is 1.20 bits per heavy atom. The van der Waals surface area contributed by atoms with Crippen molar-refractivity contribution in [3.63, 3.8) is 0 Å². The Morgan fingerprint density at radius 2 is 1.97 bits per heavy atom. The highest BCUT2D eigenvalue weighted by molar-refractivity contribution is 6.38. The Morgan fingerprint density at radius 3 is 2.70 bits per heavy atom. The number of halogens is 2. The van der Waals surface area contributed by atoms with Crippen molar-refractivity contribution in [2.75, 3.05) is 18.5 Å². The van der Waals surface area contributed by atoms with Crippen LogP contribution in [0, 0.1) is 6.92 Å². The first-order valence-electron chi connectivity index (χ1n) is 9.11. The molecule has 0 saturated carbocycles. The molecule has 0 spiro atoms. The van der Waals surface area contributed by atoms with Gasteiger partial charge in [-0.1, -0.05) is 35.3 Å². The van der Waals surface area contributed by atoms with Gasteiger partial charge in [-0.25, -0.2) is 9.97 Å². The number of hydrogen-bond acceptors (Lipinski definition) is 5. The number of nitrogens with zero attached hydrogens (tertiary/aromatic N) is 3. The number of benzene rings is 2. The molecule has 3 aromatic rings. The second kappa shape index (κ2) is 9.28. The summed E-state index contributed by atoms with van der Waals surface area (Å²) in [6.45, 7) is 3.10. The summed E-state index contributed by atoms with van der Waals surface area (Å²) in [6.07, 6.45) is 1.74. The number of aryl methyl sites for hydroxylation is 1. The fourth-order valence-corrected chi connectivity index (χ4v) is 3.42. The summed E-state index contributed by atoms with van der Waals surface area (Å²) in [5, 5.41) is 4.04. The molecule has 0 fully saturated rings. The largest absolute Gasteiger partial charge is 0.487 e. The standard InChI is InChI=1S/C21H20Cl2N4O3/c1-12-24-9-14-5-4-6-18(21(14)26-12)30-11-15-16(22)7-8-17(20(15)23)27(3)19(29)10-25-13(2)28/h4-9H,10-11H2,1-3H3,(H,25,28). The van der Waals surface area contributed by atoms with Crippen LogP contribution >= 0.6 is 23.2 Å². The summed E-state index contributed by atoms with van der Waals surface area (Å²) in [7, 11) is 1.58. The Labute approximate surface area is 184 Å². The van der Waals surface area contributed by atoms with E-state index in [1.165, 1.54) is 11.8 Å². The lowest BCUT2D eigenvalue weighted by molar-refractivity contribution is -0.123. The van der Waals surface area contributed by atoms with Gasteiger partial charge in [-0.2, -0.15) is 0 Å². The summed E-state index contributed by atoms with van der Waals surface area (Å²) < 4.78 is 5.98. The van der Waals surface area contributed by atoms with Gasteiger partial charge in [0, 0.05) is 36.1 Å². The number of fused-ring (bicyclic) bond motifs is 1. The maximum Gasteiger partial charge on any atom is 0.246 e. The van der Waals surface area contributed by atoms with Crippen LogP contribution in [0.1, 0.15) is 18.3 Å². The number of rotatable bonds is 6. The van der Waals surface area contributed by atoms with Crippen LogP contribution in [0.15, 0.2) is 36.5 Å². The van der Waals surface area contributed by atoms with E-state index in [0.29, 0.717) is 38.4 Å². The van der Waals surface area contributed by atoms with Crippen molar-refractivity contribution in [2.45, 2.75) is 20.5 Å². The van der Waals surface area contributed by atoms with Gasteiger partial charge in [-0.05, 0) is 25.1 Å². The molecule has 30 heavy (non-hydrogen) atoms. The van der Waals surface area contributed by atoms with Crippen LogP contribution in [0.3, 0.4) is 0 Å². The number of hydrogen-bond donors (Lipinski definition) is 1. The number of aromatic nitrogens is 2. The molecule has 2 amide bonds. The molecule has 1 heterocycles. The molecule has 1 aromatic heterocycles. The fraction of sp³-hybridized carbons (Fsp3) is 0.238. The molecule has 3 rings (SSSR count). The minimum atomic E-state index is -0.317. The highest BCUT2D eigenvalue weighted by atomic mass is 35.5. The molecule has 9 heteroatoms. The maximum atomic E-state index is 12.3. The van der Waals surface area contributed by atoms with Crippen LogP contribution in [-0.2, 0) is 16.2 Å². The number of ether oxygens (including phenoxy) is 1. The molecule has 0 aliphatic rings. The Hall–Kier alpha value is -2.90. The van der Waals surface area contributed by atoms with Crippen LogP contribution in [0.25, 0.3) is 10.9 Å². The molecule has 2 aromatic carbocycles. The monoisotopic (exact) mass is 446 g/mol. The third kappa shape index (κ3) is 4.80. The molecule has 0 saturated heterocycles. The lowest BCUT2D eigenvalue weighted by atomic mass is 10.2. The van der Waals surface area contributed by atoms with Crippen molar-refractivity contribution in [3.05, 3.63) is 58.0 Å². The smallest absolute Gasteiger partial charge is 0.246 e. The van der Waals surface area contributed by atoms with Gasteiger partial charge >= 0.3 is 0 Å². The number of carbonyl (C=O) groups excluding carboxylic acids is 2. The van der Waals surface area contributed by atoms with Gasteiger partial charge < -0.3 is 15.0 Å². The minimum Gasteiger partial charge on any atom is -0.487 e. The molecule has 1 N–H and O–H groups in total. The minimum absolute atomic E-state index is 0.0847. The van der Waals surface area contributed by atoms with Crippen LogP contribution in [-0.4, -0.2) is 35.4 Å². The zero-order valence-corrected chi connectivity index (χ0v) is 18.2. The average Bonchev–Trinajstić information content (AvgIpc) is 2.71. The SMILES string of the molecule is CC(=O)NCC(=O)N(C)c1ccc(Cl)c(COc2cccc3cnc(C)nc23)c1Cl. The Kier molecular flexibility index (Phi) is 6.74. The van der Waals surface area contributed by atoms with Gasteiger partial charge in [0.05, 0.1) is 17.3 Å². The summed E-state index contributed by atoms with van der Waals surface area (Å²) in [5.74, 6) is 0.603. The van der Waals surface area contributed by atoms with E-state index in [2.05, 4.69) is 15.3 Å². The number of nitrogens with one attached hydrogen (secondary N) is 1. The predicted molar refractivity (Wildman–Crippen MR) is 117 cm³/mol. The molecule has 0 aliphatic heterocycles. The predicted octanol–water partition coefficient (Wildman–Crippen LogP) is 3.92. The molecular formula is C21H20Cl2N4O3. The molecule has 0 bridgehead atoms. The van der Waals surface area contributed by atoms with Crippen molar-refractivity contribution in [2.24, 2.45) is 0 Å². The quantitative estimate of drug-likeness (QED) is 0.619. The zero-order chi connectivity index (χ0) is 21.8. The third-order valence-electron chi connectivity index (χ3n) is 4.46. The van der Waals surface area contributed by atoms with E-state index < -0.39 is 0 Å². The lowest BCUT2D eigenvalue weighted by Gasteiger charge is -2.21. The van der Waals surface area contributed by atoms with Crippen LogP contribution in [0.2, 0.25) is 10.0 Å². The van der Waals surface area contributed by atoms with Gasteiger partial charge in [-0.3, -0.25) is 9.59 Å². The first kappa shape index (κ1) is 21.8. The van der Waals surface area contributed by atoms with Crippen molar-refractivity contribution in [3.8, 4) is 5.75 Å². The van der Waals surface area contributed by atoms with E-state index in [1.807, 2.05) is 18.2 Å². The van der Waals surface area contributed by atoms with Gasteiger partial charge in [0.25, 0.3) is 0 Å². The summed E-state index contributed by atoms with van der Waals surface area (Å²) in [5.41, 5.74) is 1.69. The molecular weight excluding hydrogens is 427 g/mol. The number of para-hydroxylation sites is 1. The fourth-order valence-electron chi connectivity index (χ4n) is 2.81. The Balaban J connectivity index is 1.85. The third-order valence-corrected chi connectivity index (χ3v) is 5.23. The molecule has 0 aliphatic carbocycles.